The van der Waals surface area contributed by atoms with E-state index in [-0.39, 0.29) is 5.91 Å². The minimum atomic E-state index is -0.0209. The summed E-state index contributed by atoms with van der Waals surface area (Å²) in [5, 5.41) is 3.65. The fraction of sp³-hybridized carbons (Fsp3) is 0.500. The maximum atomic E-state index is 12.0. The van der Waals surface area contributed by atoms with Gasteiger partial charge in [0.25, 0.3) is 5.91 Å². The summed E-state index contributed by atoms with van der Waals surface area (Å²) in [7, 11) is 0. The van der Waals surface area contributed by atoms with Crippen LogP contribution in [-0.4, -0.2) is 12.5 Å². The maximum absolute atomic E-state index is 12.0. The van der Waals surface area contributed by atoms with Crippen LogP contribution in [-0.2, 0) is 0 Å². The number of halogens is 2. The van der Waals surface area contributed by atoms with Gasteiger partial charge in [-0.05, 0) is 59.0 Å². The molecule has 0 spiro atoms. The Hall–Kier alpha value is -0.290. The molecular weight excluding hydrogens is 361 g/mol. The zero-order valence-electron chi connectivity index (χ0n) is 10.4. The van der Waals surface area contributed by atoms with Crippen LogP contribution in [0.2, 0.25) is 5.02 Å². The normalized spacial score (nSPS) is 23.1. The zero-order valence-corrected chi connectivity index (χ0v) is 13.3. The molecule has 0 aliphatic heterocycles. The lowest BCUT2D eigenvalue weighted by molar-refractivity contribution is 0.0944. The fourth-order valence-electron chi connectivity index (χ4n) is 2.49. The molecule has 1 saturated carbocycles. The molecule has 2 unspecified atom stereocenters. The van der Waals surface area contributed by atoms with Crippen molar-refractivity contribution in [3.05, 3.63) is 32.4 Å². The molecule has 1 aliphatic carbocycles. The summed E-state index contributed by atoms with van der Waals surface area (Å²) in [6.45, 7) is 3.05. The maximum Gasteiger partial charge on any atom is 0.251 e. The molecule has 18 heavy (non-hydrogen) atoms. The largest absolute Gasteiger partial charge is 0.352 e. The van der Waals surface area contributed by atoms with Crippen LogP contribution < -0.4 is 5.32 Å². The van der Waals surface area contributed by atoms with Gasteiger partial charge in [0.1, 0.15) is 0 Å². The van der Waals surface area contributed by atoms with E-state index in [2.05, 4.69) is 34.8 Å². The van der Waals surface area contributed by atoms with Crippen molar-refractivity contribution in [3.63, 3.8) is 0 Å². The first-order valence-corrected chi connectivity index (χ1v) is 7.77. The Bertz CT molecular complexity index is 449. The highest BCUT2D eigenvalue weighted by Gasteiger charge is 2.23. The second-order valence-corrected chi connectivity index (χ2v) is 6.58. The van der Waals surface area contributed by atoms with Crippen LogP contribution in [0, 0.1) is 15.4 Å². The van der Waals surface area contributed by atoms with E-state index in [1.54, 1.807) is 6.07 Å². The Morgan fingerprint density at radius 3 is 2.89 bits per heavy atom. The summed E-state index contributed by atoms with van der Waals surface area (Å²) in [5.74, 6) is 1.34. The molecule has 4 heteroatoms. The molecule has 2 atom stereocenters. The van der Waals surface area contributed by atoms with E-state index in [0.29, 0.717) is 16.5 Å². The Morgan fingerprint density at radius 1 is 1.50 bits per heavy atom. The van der Waals surface area contributed by atoms with Gasteiger partial charge in [-0.3, -0.25) is 4.79 Å². The van der Waals surface area contributed by atoms with Crippen LogP contribution >= 0.6 is 34.2 Å². The van der Waals surface area contributed by atoms with Crippen molar-refractivity contribution < 1.29 is 4.79 Å². The third kappa shape index (κ3) is 3.38. The lowest BCUT2D eigenvalue weighted by Gasteiger charge is -2.16. The molecule has 1 N–H and O–H groups in total. The van der Waals surface area contributed by atoms with Crippen LogP contribution in [0.1, 0.15) is 36.5 Å². The molecule has 1 fully saturated rings. The molecule has 0 heterocycles. The lowest BCUT2D eigenvalue weighted by atomic mass is 9.98. The van der Waals surface area contributed by atoms with E-state index in [9.17, 15) is 4.79 Å². The minimum Gasteiger partial charge on any atom is -0.352 e. The van der Waals surface area contributed by atoms with Crippen molar-refractivity contribution in [1.29, 1.82) is 0 Å². The van der Waals surface area contributed by atoms with Gasteiger partial charge in [-0.1, -0.05) is 31.4 Å². The highest BCUT2D eigenvalue weighted by atomic mass is 127. The average Bonchev–Trinajstić information content (AvgIpc) is 2.75. The first-order chi connectivity index (χ1) is 8.58. The van der Waals surface area contributed by atoms with Crippen LogP contribution in [0.15, 0.2) is 18.2 Å². The summed E-state index contributed by atoms with van der Waals surface area (Å²) in [6, 6.07) is 5.42. The van der Waals surface area contributed by atoms with Gasteiger partial charge >= 0.3 is 0 Å². The van der Waals surface area contributed by atoms with Gasteiger partial charge < -0.3 is 5.32 Å². The molecule has 2 rings (SSSR count). The first kappa shape index (κ1) is 14.1. The number of hydrogen-bond acceptors (Lipinski definition) is 1. The highest BCUT2D eigenvalue weighted by molar-refractivity contribution is 14.1. The smallest absolute Gasteiger partial charge is 0.251 e. The van der Waals surface area contributed by atoms with E-state index >= 15 is 0 Å². The number of benzene rings is 1. The van der Waals surface area contributed by atoms with Crippen LogP contribution in [0.3, 0.4) is 0 Å². The van der Waals surface area contributed by atoms with Crippen LogP contribution in [0.4, 0.5) is 0 Å². The summed E-state index contributed by atoms with van der Waals surface area (Å²) < 4.78 is 0.968. The number of carbonyl (C=O) groups is 1. The number of hydrogen-bond donors (Lipinski definition) is 1. The zero-order chi connectivity index (χ0) is 13.1. The predicted molar refractivity (Wildman–Crippen MR) is 83.0 cm³/mol. The SMILES string of the molecule is CC1CCCC1CNC(=O)c1ccc(I)c(Cl)c1. The Balaban J connectivity index is 1.93. The number of amides is 1. The fourth-order valence-corrected chi connectivity index (χ4v) is 3.00. The Kier molecular flexibility index (Phi) is 4.90. The van der Waals surface area contributed by atoms with Gasteiger partial charge in [0.15, 0.2) is 0 Å². The van der Waals surface area contributed by atoms with Gasteiger partial charge in [-0.2, -0.15) is 0 Å². The quantitative estimate of drug-likeness (QED) is 0.789. The summed E-state index contributed by atoms with van der Waals surface area (Å²) in [6.07, 6.45) is 3.81. The first-order valence-electron chi connectivity index (χ1n) is 6.31. The van der Waals surface area contributed by atoms with Crippen molar-refractivity contribution in [3.8, 4) is 0 Å². The van der Waals surface area contributed by atoms with E-state index in [1.807, 2.05) is 12.1 Å². The molecule has 0 radical (unpaired) electrons. The molecule has 0 saturated heterocycles. The molecule has 1 aromatic carbocycles. The van der Waals surface area contributed by atoms with E-state index in [1.165, 1.54) is 19.3 Å². The van der Waals surface area contributed by atoms with Gasteiger partial charge in [0.2, 0.25) is 0 Å². The van der Waals surface area contributed by atoms with Crippen molar-refractivity contribution in [2.24, 2.45) is 11.8 Å². The molecule has 0 aromatic heterocycles. The van der Waals surface area contributed by atoms with Crippen LogP contribution in [0.25, 0.3) is 0 Å². The van der Waals surface area contributed by atoms with Crippen molar-refractivity contribution in [2.45, 2.75) is 26.2 Å². The van der Waals surface area contributed by atoms with Crippen molar-refractivity contribution in [2.75, 3.05) is 6.54 Å². The van der Waals surface area contributed by atoms with Crippen LogP contribution in [0.5, 0.6) is 0 Å². The lowest BCUT2D eigenvalue weighted by Crippen LogP contribution is -2.30. The van der Waals surface area contributed by atoms with Gasteiger partial charge in [-0.25, -0.2) is 0 Å². The molecule has 2 nitrogen and oxygen atoms in total. The highest BCUT2D eigenvalue weighted by Crippen LogP contribution is 2.30. The van der Waals surface area contributed by atoms with Gasteiger partial charge in [-0.15, -0.1) is 0 Å². The molecule has 0 bridgehead atoms. The second kappa shape index (κ2) is 6.24. The monoisotopic (exact) mass is 377 g/mol. The number of carbonyl (C=O) groups excluding carboxylic acids is 1. The summed E-state index contributed by atoms with van der Waals surface area (Å²) in [4.78, 5) is 12.0. The number of nitrogens with one attached hydrogen (secondary N) is 1. The standard InChI is InChI=1S/C14H17ClINO/c1-9-3-2-4-11(9)8-17-14(18)10-5-6-13(16)12(15)7-10/h5-7,9,11H,2-4,8H2,1H3,(H,17,18). The topological polar surface area (TPSA) is 29.1 Å². The predicted octanol–water partition coefficient (Wildman–Crippen LogP) is 4.11. The Labute approximate surface area is 127 Å². The second-order valence-electron chi connectivity index (χ2n) is 5.01. The van der Waals surface area contributed by atoms with E-state index in [4.69, 9.17) is 11.6 Å². The summed E-state index contributed by atoms with van der Waals surface area (Å²) >= 11 is 8.18. The molecule has 1 aliphatic rings. The average molecular weight is 378 g/mol. The molecule has 1 aromatic rings. The molecular formula is C14H17ClINO. The van der Waals surface area contributed by atoms with E-state index in [0.717, 1.165) is 16.0 Å². The van der Waals surface area contributed by atoms with Gasteiger partial charge in [0.05, 0.1) is 5.02 Å². The molecule has 1 amide bonds. The van der Waals surface area contributed by atoms with E-state index < -0.39 is 0 Å². The molecule has 98 valence electrons. The minimum absolute atomic E-state index is 0.0209. The van der Waals surface area contributed by atoms with Crippen molar-refractivity contribution >= 4 is 40.1 Å². The number of rotatable bonds is 3. The van der Waals surface area contributed by atoms with Crippen molar-refractivity contribution in [1.82, 2.24) is 5.32 Å². The van der Waals surface area contributed by atoms with Gasteiger partial charge in [0, 0.05) is 15.7 Å². The Morgan fingerprint density at radius 2 is 2.28 bits per heavy atom. The summed E-state index contributed by atoms with van der Waals surface area (Å²) in [5.41, 5.74) is 0.645. The third-order valence-corrected chi connectivity index (χ3v) is 5.32. The third-order valence-electron chi connectivity index (χ3n) is 3.75.